The van der Waals surface area contributed by atoms with E-state index in [1.165, 1.54) is 38.5 Å². The third-order valence-electron chi connectivity index (χ3n) is 3.04. The van der Waals surface area contributed by atoms with Gasteiger partial charge >= 0.3 is 0 Å². The quantitative estimate of drug-likeness (QED) is 0.593. The fourth-order valence-corrected chi connectivity index (χ4v) is 1.99. The topological polar surface area (TPSA) is 16.1 Å². The van der Waals surface area contributed by atoms with Crippen molar-refractivity contribution in [2.75, 3.05) is 18.0 Å². The number of nitrogens with zero attached hydrogens (tertiary/aromatic N) is 2. The van der Waals surface area contributed by atoms with E-state index in [-0.39, 0.29) is 0 Å². The minimum Gasteiger partial charge on any atom is -0.357 e. The van der Waals surface area contributed by atoms with E-state index in [1.54, 1.807) is 0 Å². The van der Waals surface area contributed by atoms with Gasteiger partial charge < -0.3 is 4.90 Å². The van der Waals surface area contributed by atoms with E-state index in [2.05, 4.69) is 35.9 Å². The molecule has 0 saturated heterocycles. The Morgan fingerprint density at radius 1 is 0.941 bits per heavy atom. The molecule has 96 valence electrons. The largest absolute Gasteiger partial charge is 0.357 e. The van der Waals surface area contributed by atoms with Gasteiger partial charge in [0.2, 0.25) is 0 Å². The van der Waals surface area contributed by atoms with Gasteiger partial charge in [-0.3, -0.25) is 0 Å². The highest BCUT2D eigenvalue weighted by Crippen LogP contribution is 2.12. The predicted molar refractivity (Wildman–Crippen MR) is 75.5 cm³/mol. The summed E-state index contributed by atoms with van der Waals surface area (Å²) in [5, 5.41) is 0. The first kappa shape index (κ1) is 14.0. The first-order valence-corrected chi connectivity index (χ1v) is 7.04. The second kappa shape index (κ2) is 9.03. The van der Waals surface area contributed by atoms with Crippen LogP contribution in [0.25, 0.3) is 0 Å². The van der Waals surface area contributed by atoms with Gasteiger partial charge in [-0.05, 0) is 25.0 Å². The Morgan fingerprint density at radius 3 is 2.06 bits per heavy atom. The van der Waals surface area contributed by atoms with Crippen LogP contribution in [0.4, 0.5) is 5.82 Å². The van der Waals surface area contributed by atoms with Crippen LogP contribution in [0.2, 0.25) is 0 Å². The smallest absolute Gasteiger partial charge is 0.128 e. The molecule has 1 aromatic rings. The average Bonchev–Trinajstić information content (AvgIpc) is 2.38. The molecule has 2 heteroatoms. The van der Waals surface area contributed by atoms with Crippen LogP contribution < -0.4 is 4.90 Å². The molecule has 1 heterocycles. The molecule has 0 saturated carbocycles. The van der Waals surface area contributed by atoms with Gasteiger partial charge in [-0.15, -0.1) is 0 Å². The highest BCUT2D eigenvalue weighted by atomic mass is 15.2. The number of anilines is 1. The predicted octanol–water partition coefficient (Wildman–Crippen LogP) is 4.27. The number of hydrogen-bond donors (Lipinski definition) is 0. The maximum Gasteiger partial charge on any atom is 0.128 e. The SMILES string of the molecule is CCCCCN(CCCCC)c1ccccn1. The van der Waals surface area contributed by atoms with E-state index in [4.69, 9.17) is 0 Å². The maximum atomic E-state index is 4.46. The van der Waals surface area contributed by atoms with Crippen molar-refractivity contribution < 1.29 is 0 Å². The van der Waals surface area contributed by atoms with Gasteiger partial charge in [0.15, 0.2) is 0 Å². The highest BCUT2D eigenvalue weighted by Gasteiger charge is 2.05. The van der Waals surface area contributed by atoms with E-state index >= 15 is 0 Å². The molecular formula is C15H26N2. The van der Waals surface area contributed by atoms with Crippen molar-refractivity contribution in [1.82, 2.24) is 4.98 Å². The summed E-state index contributed by atoms with van der Waals surface area (Å²) in [4.78, 5) is 6.90. The molecule has 0 spiro atoms. The van der Waals surface area contributed by atoms with Crippen LogP contribution in [0.1, 0.15) is 52.4 Å². The Labute approximate surface area is 106 Å². The van der Waals surface area contributed by atoms with Gasteiger partial charge in [0.05, 0.1) is 0 Å². The molecule has 0 amide bonds. The number of rotatable bonds is 9. The molecule has 0 N–H and O–H groups in total. The second-order valence-electron chi connectivity index (χ2n) is 4.59. The molecule has 0 aliphatic carbocycles. The summed E-state index contributed by atoms with van der Waals surface area (Å²) < 4.78 is 0. The molecule has 0 aliphatic heterocycles. The Morgan fingerprint density at radius 2 is 1.59 bits per heavy atom. The summed E-state index contributed by atoms with van der Waals surface area (Å²) in [5.74, 6) is 1.14. The lowest BCUT2D eigenvalue weighted by Crippen LogP contribution is -2.26. The third-order valence-corrected chi connectivity index (χ3v) is 3.04. The van der Waals surface area contributed by atoms with Crippen LogP contribution >= 0.6 is 0 Å². The Balaban J connectivity index is 2.46. The highest BCUT2D eigenvalue weighted by molar-refractivity contribution is 5.37. The fourth-order valence-electron chi connectivity index (χ4n) is 1.99. The van der Waals surface area contributed by atoms with Gasteiger partial charge in [0.1, 0.15) is 5.82 Å². The van der Waals surface area contributed by atoms with Crippen LogP contribution in [-0.2, 0) is 0 Å². The first-order valence-electron chi connectivity index (χ1n) is 7.04. The lowest BCUT2D eigenvalue weighted by atomic mass is 10.2. The summed E-state index contributed by atoms with van der Waals surface area (Å²) in [6, 6.07) is 6.19. The van der Waals surface area contributed by atoms with Gasteiger partial charge in [-0.2, -0.15) is 0 Å². The van der Waals surface area contributed by atoms with Crippen molar-refractivity contribution in [2.45, 2.75) is 52.4 Å². The molecule has 0 bridgehead atoms. The van der Waals surface area contributed by atoms with Crippen LogP contribution in [-0.4, -0.2) is 18.1 Å². The molecule has 0 fully saturated rings. The van der Waals surface area contributed by atoms with Crippen molar-refractivity contribution in [3.63, 3.8) is 0 Å². The normalized spacial score (nSPS) is 10.5. The van der Waals surface area contributed by atoms with Crippen molar-refractivity contribution in [3.8, 4) is 0 Å². The standard InChI is InChI=1S/C15H26N2/c1-3-5-9-13-17(14-10-6-4-2)15-11-7-8-12-16-15/h7-8,11-12H,3-6,9-10,13-14H2,1-2H3. The van der Waals surface area contributed by atoms with Crippen molar-refractivity contribution in [1.29, 1.82) is 0 Å². The van der Waals surface area contributed by atoms with Gasteiger partial charge in [0.25, 0.3) is 0 Å². The monoisotopic (exact) mass is 234 g/mol. The Bertz CT molecular complexity index is 262. The Kier molecular flexibility index (Phi) is 7.44. The zero-order chi connectivity index (χ0) is 12.3. The van der Waals surface area contributed by atoms with E-state index in [0.29, 0.717) is 0 Å². The van der Waals surface area contributed by atoms with Gasteiger partial charge in [0, 0.05) is 19.3 Å². The van der Waals surface area contributed by atoms with Gasteiger partial charge in [-0.1, -0.05) is 45.6 Å². The minimum atomic E-state index is 1.14. The van der Waals surface area contributed by atoms with Crippen LogP contribution in [0.15, 0.2) is 24.4 Å². The van der Waals surface area contributed by atoms with E-state index in [0.717, 1.165) is 18.9 Å². The first-order chi connectivity index (χ1) is 8.38. The zero-order valence-corrected chi connectivity index (χ0v) is 11.4. The molecular weight excluding hydrogens is 208 g/mol. The Hall–Kier alpha value is -1.05. The van der Waals surface area contributed by atoms with E-state index in [9.17, 15) is 0 Å². The van der Waals surface area contributed by atoms with Crippen LogP contribution in [0.3, 0.4) is 0 Å². The molecule has 0 radical (unpaired) electrons. The maximum absolute atomic E-state index is 4.46. The molecule has 0 atom stereocenters. The number of aromatic nitrogens is 1. The summed E-state index contributed by atoms with van der Waals surface area (Å²) >= 11 is 0. The summed E-state index contributed by atoms with van der Waals surface area (Å²) in [6.45, 7) is 6.80. The number of unbranched alkanes of at least 4 members (excludes halogenated alkanes) is 4. The van der Waals surface area contributed by atoms with Crippen molar-refractivity contribution in [3.05, 3.63) is 24.4 Å². The molecule has 0 aromatic carbocycles. The molecule has 1 aromatic heterocycles. The molecule has 1 rings (SSSR count). The number of hydrogen-bond acceptors (Lipinski definition) is 2. The van der Waals surface area contributed by atoms with Gasteiger partial charge in [-0.25, -0.2) is 4.98 Å². The molecule has 0 unspecified atom stereocenters. The van der Waals surface area contributed by atoms with Crippen molar-refractivity contribution in [2.24, 2.45) is 0 Å². The van der Waals surface area contributed by atoms with Crippen LogP contribution in [0.5, 0.6) is 0 Å². The average molecular weight is 234 g/mol. The molecule has 2 nitrogen and oxygen atoms in total. The van der Waals surface area contributed by atoms with Crippen LogP contribution in [0, 0.1) is 0 Å². The lowest BCUT2D eigenvalue weighted by molar-refractivity contribution is 0.632. The van der Waals surface area contributed by atoms with E-state index < -0.39 is 0 Å². The summed E-state index contributed by atoms with van der Waals surface area (Å²) in [7, 11) is 0. The fraction of sp³-hybridized carbons (Fsp3) is 0.667. The zero-order valence-electron chi connectivity index (χ0n) is 11.4. The number of pyridine rings is 1. The van der Waals surface area contributed by atoms with Crippen molar-refractivity contribution >= 4 is 5.82 Å². The third kappa shape index (κ3) is 5.71. The minimum absolute atomic E-state index is 1.14. The molecule has 0 aliphatic rings. The summed E-state index contributed by atoms with van der Waals surface area (Å²) in [6.07, 6.45) is 9.64. The molecule has 17 heavy (non-hydrogen) atoms. The lowest BCUT2D eigenvalue weighted by Gasteiger charge is -2.23. The second-order valence-corrected chi connectivity index (χ2v) is 4.59. The summed E-state index contributed by atoms with van der Waals surface area (Å²) in [5.41, 5.74) is 0. The van der Waals surface area contributed by atoms with E-state index in [1.807, 2.05) is 12.3 Å².